The zero-order chi connectivity index (χ0) is 33.4. The van der Waals surface area contributed by atoms with Crippen molar-refractivity contribution in [3.8, 4) is 0 Å². The van der Waals surface area contributed by atoms with Gasteiger partial charge in [0.1, 0.15) is 23.2 Å². The SMILES string of the molecule is COC(=O)C1CCC(n2cc(NC(=O)c3cnn4ccc(N5C[C@H](F)C[C@@H](NC(=O)OC(C)(C)C)C5)nc34)c(C(F)(F)F)n2)CC1. The van der Waals surface area contributed by atoms with Crippen LogP contribution in [0.2, 0.25) is 0 Å². The second-order valence-electron chi connectivity index (χ2n) is 12.5. The number of fused-ring (bicyclic) bond motifs is 1. The van der Waals surface area contributed by atoms with E-state index in [-0.39, 0.29) is 48.4 Å². The Labute approximate surface area is 261 Å². The number of ether oxygens (including phenoxy) is 2. The van der Waals surface area contributed by atoms with Crippen molar-refractivity contribution >= 4 is 35.1 Å². The summed E-state index contributed by atoms with van der Waals surface area (Å²) in [5.41, 5.74) is -2.60. The van der Waals surface area contributed by atoms with Crippen molar-refractivity contribution in [2.45, 2.75) is 82.9 Å². The number of methoxy groups -OCH3 is 1. The number of amides is 2. The first-order valence-electron chi connectivity index (χ1n) is 14.9. The lowest BCUT2D eigenvalue weighted by Gasteiger charge is -2.36. The number of carbonyl (C=O) groups is 3. The normalized spacial score (nSPS) is 22.4. The molecule has 46 heavy (non-hydrogen) atoms. The Hall–Kier alpha value is -4.44. The molecule has 1 aliphatic heterocycles. The first kappa shape index (κ1) is 32.9. The number of nitrogens with one attached hydrogen (secondary N) is 2. The van der Waals surface area contributed by atoms with Gasteiger partial charge in [0.05, 0.1) is 43.5 Å². The van der Waals surface area contributed by atoms with Gasteiger partial charge >= 0.3 is 18.2 Å². The Balaban J connectivity index is 1.34. The average molecular weight is 653 g/mol. The van der Waals surface area contributed by atoms with Crippen LogP contribution in [0.15, 0.2) is 24.7 Å². The number of hydrogen-bond donors (Lipinski definition) is 2. The van der Waals surface area contributed by atoms with Crippen molar-refractivity contribution in [2.75, 3.05) is 30.4 Å². The monoisotopic (exact) mass is 652 g/mol. The van der Waals surface area contributed by atoms with E-state index in [0.717, 1.165) is 6.20 Å². The van der Waals surface area contributed by atoms with E-state index in [0.29, 0.717) is 25.7 Å². The topological polar surface area (TPSA) is 145 Å². The quantitative estimate of drug-likeness (QED) is 0.290. The number of piperidine rings is 1. The van der Waals surface area contributed by atoms with Gasteiger partial charge in [0.15, 0.2) is 11.3 Å². The lowest BCUT2D eigenvalue weighted by molar-refractivity contribution is -0.146. The van der Waals surface area contributed by atoms with Crippen molar-refractivity contribution in [1.29, 1.82) is 0 Å². The summed E-state index contributed by atoms with van der Waals surface area (Å²) in [6.07, 6.45) is -1.25. The van der Waals surface area contributed by atoms with Crippen LogP contribution in [0.4, 0.5) is 33.9 Å². The molecule has 2 N–H and O–H groups in total. The molecule has 0 unspecified atom stereocenters. The van der Waals surface area contributed by atoms with Gasteiger partial charge in [0.25, 0.3) is 5.91 Å². The van der Waals surface area contributed by atoms with Crippen LogP contribution in [0, 0.1) is 5.92 Å². The third-order valence-electron chi connectivity index (χ3n) is 7.90. The summed E-state index contributed by atoms with van der Waals surface area (Å²) in [5.74, 6) is -1.29. The van der Waals surface area contributed by atoms with E-state index in [1.807, 2.05) is 0 Å². The lowest BCUT2D eigenvalue weighted by Crippen LogP contribution is -2.52. The molecular weight excluding hydrogens is 616 g/mol. The molecular formula is C29H36F4N8O5. The summed E-state index contributed by atoms with van der Waals surface area (Å²) in [7, 11) is 1.29. The van der Waals surface area contributed by atoms with Gasteiger partial charge in [0, 0.05) is 25.4 Å². The van der Waals surface area contributed by atoms with Crippen molar-refractivity contribution in [3.05, 3.63) is 35.9 Å². The summed E-state index contributed by atoms with van der Waals surface area (Å²) in [6, 6.07) is 0.578. The van der Waals surface area contributed by atoms with E-state index >= 15 is 0 Å². The van der Waals surface area contributed by atoms with Crippen LogP contribution in [0.25, 0.3) is 5.65 Å². The maximum Gasteiger partial charge on any atom is 0.437 e. The van der Waals surface area contributed by atoms with E-state index < -0.39 is 53.4 Å². The molecule has 4 heterocycles. The maximum absolute atomic E-state index is 14.7. The number of alkyl carbamates (subject to hydrolysis) is 1. The van der Waals surface area contributed by atoms with Crippen LogP contribution in [-0.4, -0.2) is 80.4 Å². The highest BCUT2D eigenvalue weighted by Gasteiger charge is 2.39. The zero-order valence-electron chi connectivity index (χ0n) is 25.8. The number of carbonyl (C=O) groups excluding carboxylic acids is 3. The Morgan fingerprint density at radius 2 is 1.78 bits per heavy atom. The van der Waals surface area contributed by atoms with E-state index in [4.69, 9.17) is 9.47 Å². The summed E-state index contributed by atoms with van der Waals surface area (Å²) < 4.78 is 69.2. The minimum atomic E-state index is -4.86. The predicted octanol–water partition coefficient (Wildman–Crippen LogP) is 4.54. The summed E-state index contributed by atoms with van der Waals surface area (Å²) in [4.78, 5) is 43.5. The molecule has 5 rings (SSSR count). The number of aromatic nitrogens is 5. The third kappa shape index (κ3) is 7.50. The summed E-state index contributed by atoms with van der Waals surface area (Å²) in [6.45, 7) is 5.32. The minimum Gasteiger partial charge on any atom is -0.469 e. The van der Waals surface area contributed by atoms with Gasteiger partial charge in [-0.1, -0.05) is 0 Å². The molecule has 2 fully saturated rings. The largest absolute Gasteiger partial charge is 0.469 e. The van der Waals surface area contributed by atoms with Gasteiger partial charge in [-0.05, 0) is 52.5 Å². The van der Waals surface area contributed by atoms with Gasteiger partial charge in [-0.25, -0.2) is 18.7 Å². The van der Waals surface area contributed by atoms with Crippen molar-refractivity contribution in [3.63, 3.8) is 0 Å². The number of rotatable bonds is 6. The Bertz CT molecular complexity index is 1590. The fourth-order valence-corrected chi connectivity index (χ4v) is 5.81. The molecule has 1 aliphatic carbocycles. The summed E-state index contributed by atoms with van der Waals surface area (Å²) in [5, 5.41) is 12.9. The number of nitrogens with zero attached hydrogens (tertiary/aromatic N) is 6. The maximum atomic E-state index is 14.7. The molecule has 17 heteroatoms. The average Bonchev–Trinajstić information content (AvgIpc) is 3.60. The first-order chi connectivity index (χ1) is 21.6. The molecule has 2 aliphatic rings. The molecule has 0 radical (unpaired) electrons. The van der Waals surface area contributed by atoms with Gasteiger partial charge in [-0.3, -0.25) is 14.3 Å². The lowest BCUT2D eigenvalue weighted by atomic mass is 9.86. The smallest absolute Gasteiger partial charge is 0.437 e. The molecule has 3 aromatic heterocycles. The van der Waals surface area contributed by atoms with E-state index in [9.17, 15) is 31.9 Å². The van der Waals surface area contributed by atoms with Crippen LogP contribution >= 0.6 is 0 Å². The van der Waals surface area contributed by atoms with Crippen LogP contribution in [0.1, 0.15) is 75.0 Å². The number of anilines is 2. The van der Waals surface area contributed by atoms with Crippen LogP contribution in [0.5, 0.6) is 0 Å². The Morgan fingerprint density at radius 3 is 2.43 bits per heavy atom. The third-order valence-corrected chi connectivity index (χ3v) is 7.90. The van der Waals surface area contributed by atoms with Crippen LogP contribution < -0.4 is 15.5 Å². The predicted molar refractivity (Wildman–Crippen MR) is 156 cm³/mol. The molecule has 2 amide bonds. The van der Waals surface area contributed by atoms with Gasteiger partial charge < -0.3 is 25.0 Å². The first-order valence-corrected chi connectivity index (χ1v) is 14.9. The standard InChI is InChI=1S/C29H36F4N8O5/c1-28(2,3)46-27(44)35-18-11-17(30)13-39(14-18)22-9-10-40-24(37-22)20(12-34-40)25(42)36-21-15-41(38-23(21)29(31,32)33)19-7-5-16(6-8-19)26(43)45-4/h9-10,12,15-19H,5-8,11,13-14H2,1-4H3,(H,35,44)(H,36,42)/t16?,17-,18-,19?/m1/s1. The molecule has 0 bridgehead atoms. The highest BCUT2D eigenvalue weighted by atomic mass is 19.4. The number of halogens is 4. The van der Waals surface area contributed by atoms with Crippen molar-refractivity contribution in [2.24, 2.45) is 5.92 Å². The molecule has 13 nitrogen and oxygen atoms in total. The second-order valence-corrected chi connectivity index (χ2v) is 12.5. The Kier molecular flexibility index (Phi) is 9.13. The number of hydrogen-bond acceptors (Lipinski definition) is 9. The van der Waals surface area contributed by atoms with Crippen LogP contribution in [0.3, 0.4) is 0 Å². The second kappa shape index (κ2) is 12.7. The zero-order valence-corrected chi connectivity index (χ0v) is 25.8. The minimum absolute atomic E-state index is 0.0268. The molecule has 3 aromatic rings. The number of alkyl halides is 4. The Morgan fingerprint density at radius 1 is 1.07 bits per heavy atom. The number of esters is 1. The van der Waals surface area contributed by atoms with Gasteiger partial charge in [-0.15, -0.1) is 0 Å². The molecule has 0 aromatic carbocycles. The molecule has 1 saturated carbocycles. The van der Waals surface area contributed by atoms with E-state index in [2.05, 4.69) is 25.8 Å². The van der Waals surface area contributed by atoms with Crippen molar-refractivity contribution in [1.82, 2.24) is 29.7 Å². The molecule has 2 atom stereocenters. The van der Waals surface area contributed by atoms with E-state index in [1.54, 1.807) is 31.7 Å². The van der Waals surface area contributed by atoms with Crippen molar-refractivity contribution < 1.29 is 41.4 Å². The van der Waals surface area contributed by atoms with E-state index in [1.165, 1.54) is 28.7 Å². The fraction of sp³-hybridized carbons (Fsp3) is 0.586. The summed E-state index contributed by atoms with van der Waals surface area (Å²) >= 11 is 0. The molecule has 250 valence electrons. The van der Waals surface area contributed by atoms with Gasteiger partial charge in [0.2, 0.25) is 0 Å². The molecule has 1 saturated heterocycles. The highest BCUT2D eigenvalue weighted by molar-refractivity contribution is 6.08. The highest BCUT2D eigenvalue weighted by Crippen LogP contribution is 2.38. The fourth-order valence-electron chi connectivity index (χ4n) is 5.81. The molecule has 0 spiro atoms. The van der Waals surface area contributed by atoms with Gasteiger partial charge in [-0.2, -0.15) is 23.4 Å². The van der Waals surface area contributed by atoms with Crippen LogP contribution in [-0.2, 0) is 20.4 Å².